The molecule has 1 fully saturated rings. The van der Waals surface area contributed by atoms with Gasteiger partial charge in [-0.25, -0.2) is 0 Å². The number of hydrogen-bond donors (Lipinski definition) is 0. The van der Waals surface area contributed by atoms with Crippen molar-refractivity contribution in [2.45, 2.75) is 32.4 Å². The van der Waals surface area contributed by atoms with Crippen LogP contribution in [0.3, 0.4) is 0 Å². The van der Waals surface area contributed by atoms with E-state index in [2.05, 4.69) is 29.2 Å². The first-order chi connectivity index (χ1) is 12.5. The normalized spacial score (nSPS) is 16.5. The highest BCUT2D eigenvalue weighted by Gasteiger charge is 2.24. The molecule has 1 heterocycles. The molecular weight excluding hydrogens is 324 g/mol. The SMILES string of the molecule is Cc1ccccc1C(=O)N(Cc1ccc(N(C)C)cc1)CC1CCCO1. The van der Waals surface area contributed by atoms with Crippen LogP contribution >= 0.6 is 0 Å². The number of benzene rings is 2. The molecule has 0 bridgehead atoms. The zero-order valence-electron chi connectivity index (χ0n) is 15.9. The topological polar surface area (TPSA) is 32.8 Å². The zero-order valence-corrected chi connectivity index (χ0v) is 15.9. The van der Waals surface area contributed by atoms with Crippen molar-refractivity contribution in [3.63, 3.8) is 0 Å². The monoisotopic (exact) mass is 352 g/mol. The molecule has 3 rings (SSSR count). The van der Waals surface area contributed by atoms with E-state index in [0.29, 0.717) is 13.1 Å². The standard InChI is InChI=1S/C22H28N2O2/c1-17-7-4-5-9-21(17)22(25)24(16-20-8-6-14-26-20)15-18-10-12-19(13-11-18)23(2)3/h4-5,7,9-13,20H,6,8,14-16H2,1-3H3. The number of hydrogen-bond acceptors (Lipinski definition) is 3. The van der Waals surface area contributed by atoms with Crippen LogP contribution in [0.4, 0.5) is 5.69 Å². The van der Waals surface area contributed by atoms with Gasteiger partial charge in [-0.3, -0.25) is 4.79 Å². The van der Waals surface area contributed by atoms with Gasteiger partial charge in [0.05, 0.1) is 6.10 Å². The molecule has 2 aromatic rings. The fourth-order valence-corrected chi connectivity index (χ4v) is 3.36. The summed E-state index contributed by atoms with van der Waals surface area (Å²) in [6.07, 6.45) is 2.25. The Morgan fingerprint density at radius 3 is 2.46 bits per heavy atom. The molecule has 0 spiro atoms. The Morgan fingerprint density at radius 1 is 1.12 bits per heavy atom. The maximum absolute atomic E-state index is 13.2. The summed E-state index contributed by atoms with van der Waals surface area (Å²) < 4.78 is 5.79. The lowest BCUT2D eigenvalue weighted by Crippen LogP contribution is -2.37. The van der Waals surface area contributed by atoms with Gasteiger partial charge in [-0.2, -0.15) is 0 Å². The predicted octanol–water partition coefficient (Wildman–Crippen LogP) is 3.88. The van der Waals surface area contributed by atoms with Gasteiger partial charge in [-0.15, -0.1) is 0 Å². The summed E-state index contributed by atoms with van der Waals surface area (Å²) in [4.78, 5) is 17.2. The highest BCUT2D eigenvalue weighted by Crippen LogP contribution is 2.20. The van der Waals surface area contributed by atoms with Crippen molar-refractivity contribution in [1.82, 2.24) is 4.90 Å². The van der Waals surface area contributed by atoms with Crippen LogP contribution in [0.1, 0.15) is 34.3 Å². The van der Waals surface area contributed by atoms with Gasteiger partial charge in [0, 0.05) is 45.0 Å². The summed E-state index contributed by atoms with van der Waals surface area (Å²) in [6, 6.07) is 16.2. The van der Waals surface area contributed by atoms with Crippen molar-refractivity contribution in [2.75, 3.05) is 32.1 Å². The lowest BCUT2D eigenvalue weighted by Gasteiger charge is -2.26. The molecule has 138 valence electrons. The molecule has 4 nitrogen and oxygen atoms in total. The van der Waals surface area contributed by atoms with E-state index in [4.69, 9.17) is 4.74 Å². The van der Waals surface area contributed by atoms with E-state index in [9.17, 15) is 4.79 Å². The second-order valence-corrected chi connectivity index (χ2v) is 7.20. The Balaban J connectivity index is 1.80. The smallest absolute Gasteiger partial charge is 0.254 e. The summed E-state index contributed by atoms with van der Waals surface area (Å²) >= 11 is 0. The molecular formula is C22H28N2O2. The van der Waals surface area contributed by atoms with Crippen molar-refractivity contribution in [3.8, 4) is 0 Å². The first-order valence-electron chi connectivity index (χ1n) is 9.27. The van der Waals surface area contributed by atoms with E-state index in [1.807, 2.05) is 50.2 Å². The number of rotatable bonds is 6. The minimum atomic E-state index is 0.0790. The molecule has 0 saturated carbocycles. The van der Waals surface area contributed by atoms with Crippen molar-refractivity contribution < 1.29 is 9.53 Å². The van der Waals surface area contributed by atoms with E-state index < -0.39 is 0 Å². The number of nitrogens with zero attached hydrogens (tertiary/aromatic N) is 2. The molecule has 26 heavy (non-hydrogen) atoms. The van der Waals surface area contributed by atoms with E-state index in [1.54, 1.807) is 0 Å². The average Bonchev–Trinajstić information content (AvgIpc) is 3.14. The third-order valence-corrected chi connectivity index (χ3v) is 4.94. The van der Waals surface area contributed by atoms with Gasteiger partial charge >= 0.3 is 0 Å². The van der Waals surface area contributed by atoms with Crippen LogP contribution in [-0.2, 0) is 11.3 Å². The van der Waals surface area contributed by atoms with Gasteiger partial charge in [-0.05, 0) is 49.1 Å². The third kappa shape index (κ3) is 4.44. The van der Waals surface area contributed by atoms with Crippen molar-refractivity contribution in [3.05, 3.63) is 65.2 Å². The molecule has 1 unspecified atom stereocenters. The molecule has 0 aliphatic carbocycles. The highest BCUT2D eigenvalue weighted by molar-refractivity contribution is 5.95. The Labute approximate surface area is 156 Å². The van der Waals surface area contributed by atoms with Crippen LogP contribution in [0.25, 0.3) is 0 Å². The summed E-state index contributed by atoms with van der Waals surface area (Å²) in [5.74, 6) is 0.0790. The lowest BCUT2D eigenvalue weighted by atomic mass is 10.1. The van der Waals surface area contributed by atoms with Crippen LogP contribution in [0.5, 0.6) is 0 Å². The summed E-state index contributed by atoms with van der Waals surface area (Å²) in [5, 5.41) is 0. The molecule has 2 aromatic carbocycles. The second kappa shape index (κ2) is 8.37. The number of aryl methyl sites for hydroxylation is 1. The van der Waals surface area contributed by atoms with Gasteiger partial charge < -0.3 is 14.5 Å². The second-order valence-electron chi connectivity index (χ2n) is 7.20. The number of ether oxygens (including phenoxy) is 1. The van der Waals surface area contributed by atoms with Crippen molar-refractivity contribution in [1.29, 1.82) is 0 Å². The van der Waals surface area contributed by atoms with Crippen molar-refractivity contribution in [2.24, 2.45) is 0 Å². The van der Waals surface area contributed by atoms with Gasteiger partial charge in [0.2, 0.25) is 0 Å². The molecule has 0 aromatic heterocycles. The fraction of sp³-hybridized carbons (Fsp3) is 0.409. The Kier molecular flexibility index (Phi) is 5.94. The van der Waals surface area contributed by atoms with E-state index in [0.717, 1.165) is 41.8 Å². The molecule has 1 atom stereocenters. The maximum Gasteiger partial charge on any atom is 0.254 e. The molecule has 1 aliphatic heterocycles. The van der Waals surface area contributed by atoms with Gasteiger partial charge in [0.25, 0.3) is 5.91 Å². The third-order valence-electron chi connectivity index (χ3n) is 4.94. The van der Waals surface area contributed by atoms with Crippen LogP contribution in [0.2, 0.25) is 0 Å². The minimum absolute atomic E-state index is 0.0790. The first kappa shape index (κ1) is 18.5. The summed E-state index contributed by atoms with van der Waals surface area (Å²) in [6.45, 7) is 4.03. The number of anilines is 1. The molecule has 0 radical (unpaired) electrons. The summed E-state index contributed by atoms with van der Waals surface area (Å²) in [5.41, 5.74) is 4.08. The number of carbonyl (C=O) groups excluding carboxylic acids is 1. The average molecular weight is 352 g/mol. The molecule has 0 N–H and O–H groups in total. The minimum Gasteiger partial charge on any atom is -0.378 e. The van der Waals surface area contributed by atoms with Gasteiger partial charge in [-0.1, -0.05) is 30.3 Å². The Bertz CT molecular complexity index is 734. The molecule has 1 amide bonds. The van der Waals surface area contributed by atoms with Crippen molar-refractivity contribution >= 4 is 11.6 Å². The molecule has 1 saturated heterocycles. The van der Waals surface area contributed by atoms with Gasteiger partial charge in [0.15, 0.2) is 0 Å². The van der Waals surface area contributed by atoms with E-state index >= 15 is 0 Å². The Hall–Kier alpha value is -2.33. The number of carbonyl (C=O) groups is 1. The predicted molar refractivity (Wildman–Crippen MR) is 106 cm³/mol. The van der Waals surface area contributed by atoms with Crippen LogP contribution < -0.4 is 4.90 Å². The zero-order chi connectivity index (χ0) is 18.5. The summed E-state index contributed by atoms with van der Waals surface area (Å²) in [7, 11) is 4.06. The first-order valence-corrected chi connectivity index (χ1v) is 9.27. The van der Waals surface area contributed by atoms with Crippen LogP contribution in [-0.4, -0.2) is 44.2 Å². The highest BCUT2D eigenvalue weighted by atomic mass is 16.5. The largest absolute Gasteiger partial charge is 0.378 e. The number of amides is 1. The van der Waals surface area contributed by atoms with E-state index in [-0.39, 0.29) is 12.0 Å². The van der Waals surface area contributed by atoms with Gasteiger partial charge in [0.1, 0.15) is 0 Å². The van der Waals surface area contributed by atoms with Crippen LogP contribution in [0.15, 0.2) is 48.5 Å². The quantitative estimate of drug-likeness (QED) is 0.791. The van der Waals surface area contributed by atoms with E-state index in [1.165, 1.54) is 0 Å². The van der Waals surface area contributed by atoms with Crippen LogP contribution in [0, 0.1) is 6.92 Å². The molecule has 4 heteroatoms. The maximum atomic E-state index is 13.2. The molecule has 1 aliphatic rings. The Morgan fingerprint density at radius 2 is 1.85 bits per heavy atom. The lowest BCUT2D eigenvalue weighted by molar-refractivity contribution is 0.0506. The fourth-order valence-electron chi connectivity index (χ4n) is 3.36.